The standard InChI is InChI=1S/C10H21N3O2/c1-8(13-7-12-2)6-9(10(14)15)4-3-5-11/h7-9H,3-6,11H2,1-2H3,(H,12,13)(H,14,15). The molecule has 0 fully saturated rings. The first-order chi connectivity index (χ1) is 7.11. The van der Waals surface area contributed by atoms with Gasteiger partial charge in [-0.2, -0.15) is 0 Å². The highest BCUT2D eigenvalue weighted by Gasteiger charge is 2.19. The Balaban J connectivity index is 3.97. The molecule has 0 bridgehead atoms. The normalized spacial score (nSPS) is 15.1. The third-order valence-corrected chi connectivity index (χ3v) is 2.23. The van der Waals surface area contributed by atoms with Crippen LogP contribution in [0.15, 0.2) is 4.99 Å². The smallest absolute Gasteiger partial charge is 0.306 e. The fraction of sp³-hybridized carbons (Fsp3) is 0.800. The first-order valence-electron chi connectivity index (χ1n) is 5.21. The number of nitrogens with two attached hydrogens (primary N) is 1. The fourth-order valence-corrected chi connectivity index (χ4v) is 1.40. The lowest BCUT2D eigenvalue weighted by Gasteiger charge is -2.17. The molecule has 5 nitrogen and oxygen atoms in total. The van der Waals surface area contributed by atoms with E-state index in [0.29, 0.717) is 19.4 Å². The van der Waals surface area contributed by atoms with Gasteiger partial charge in [-0.25, -0.2) is 0 Å². The molecule has 0 aromatic carbocycles. The molecule has 88 valence electrons. The van der Waals surface area contributed by atoms with E-state index in [1.165, 1.54) is 0 Å². The van der Waals surface area contributed by atoms with E-state index in [9.17, 15) is 4.79 Å². The first kappa shape index (κ1) is 13.9. The van der Waals surface area contributed by atoms with Gasteiger partial charge >= 0.3 is 5.97 Å². The Labute approximate surface area is 90.8 Å². The Morgan fingerprint density at radius 2 is 2.33 bits per heavy atom. The predicted octanol–water partition coefficient (Wildman–Crippen LogP) is 0.452. The van der Waals surface area contributed by atoms with Crippen LogP contribution in [0.25, 0.3) is 0 Å². The quantitative estimate of drug-likeness (QED) is 0.405. The van der Waals surface area contributed by atoms with Crippen LogP contribution in [0.4, 0.5) is 0 Å². The molecule has 0 aliphatic carbocycles. The van der Waals surface area contributed by atoms with Gasteiger partial charge in [0, 0.05) is 13.1 Å². The third kappa shape index (κ3) is 6.90. The summed E-state index contributed by atoms with van der Waals surface area (Å²) in [4.78, 5) is 14.7. The summed E-state index contributed by atoms with van der Waals surface area (Å²) < 4.78 is 0. The van der Waals surface area contributed by atoms with Crippen LogP contribution in [0.1, 0.15) is 26.2 Å². The SMILES string of the molecule is CN=CNC(C)CC(CCCN)C(=O)O. The maximum Gasteiger partial charge on any atom is 0.306 e. The van der Waals surface area contributed by atoms with Crippen molar-refractivity contribution in [2.75, 3.05) is 13.6 Å². The van der Waals surface area contributed by atoms with Crippen LogP contribution >= 0.6 is 0 Å². The number of carboxylic acid groups (broad SMARTS) is 1. The van der Waals surface area contributed by atoms with Crippen molar-refractivity contribution < 1.29 is 9.90 Å². The summed E-state index contributed by atoms with van der Waals surface area (Å²) in [6, 6.07) is 0.118. The lowest BCUT2D eigenvalue weighted by atomic mass is 9.96. The van der Waals surface area contributed by atoms with Gasteiger partial charge in [-0.1, -0.05) is 0 Å². The summed E-state index contributed by atoms with van der Waals surface area (Å²) in [7, 11) is 1.67. The Kier molecular flexibility index (Phi) is 7.62. The second kappa shape index (κ2) is 8.23. The van der Waals surface area contributed by atoms with Crippen LogP contribution in [-0.2, 0) is 4.79 Å². The van der Waals surface area contributed by atoms with Crippen LogP contribution in [-0.4, -0.2) is 37.0 Å². The summed E-state index contributed by atoms with van der Waals surface area (Å²) in [5.74, 6) is -1.06. The molecule has 0 aliphatic heterocycles. The Morgan fingerprint density at radius 3 is 2.80 bits per heavy atom. The number of nitrogens with one attached hydrogen (secondary N) is 1. The average Bonchev–Trinajstić information content (AvgIpc) is 2.20. The molecule has 0 aliphatic rings. The molecule has 5 heteroatoms. The van der Waals surface area contributed by atoms with Crippen molar-refractivity contribution in [2.45, 2.75) is 32.2 Å². The van der Waals surface area contributed by atoms with Gasteiger partial charge < -0.3 is 16.2 Å². The van der Waals surface area contributed by atoms with Gasteiger partial charge in [0.15, 0.2) is 0 Å². The topological polar surface area (TPSA) is 87.7 Å². The Bertz CT molecular complexity index is 207. The number of rotatable bonds is 8. The minimum Gasteiger partial charge on any atom is -0.481 e. The van der Waals surface area contributed by atoms with Crippen LogP contribution in [0.2, 0.25) is 0 Å². The molecule has 15 heavy (non-hydrogen) atoms. The van der Waals surface area contributed by atoms with Crippen molar-refractivity contribution >= 4 is 12.3 Å². The third-order valence-electron chi connectivity index (χ3n) is 2.23. The zero-order valence-corrected chi connectivity index (χ0v) is 9.44. The average molecular weight is 215 g/mol. The van der Waals surface area contributed by atoms with Crippen molar-refractivity contribution in [3.63, 3.8) is 0 Å². The van der Waals surface area contributed by atoms with Gasteiger partial charge in [-0.15, -0.1) is 0 Å². The summed E-state index contributed by atoms with van der Waals surface area (Å²) in [5, 5.41) is 12.0. The number of carbonyl (C=O) groups is 1. The van der Waals surface area contributed by atoms with E-state index >= 15 is 0 Å². The second-order valence-electron chi connectivity index (χ2n) is 3.66. The molecule has 0 amide bonds. The van der Waals surface area contributed by atoms with Crippen LogP contribution in [0.3, 0.4) is 0 Å². The largest absolute Gasteiger partial charge is 0.481 e. The number of hydrogen-bond donors (Lipinski definition) is 3. The predicted molar refractivity (Wildman–Crippen MR) is 61.0 cm³/mol. The van der Waals surface area contributed by atoms with E-state index in [2.05, 4.69) is 10.3 Å². The summed E-state index contributed by atoms with van der Waals surface area (Å²) in [6.07, 6.45) is 3.58. The van der Waals surface area contributed by atoms with E-state index in [-0.39, 0.29) is 12.0 Å². The van der Waals surface area contributed by atoms with Gasteiger partial charge in [0.05, 0.1) is 12.3 Å². The lowest BCUT2D eigenvalue weighted by Crippen LogP contribution is -2.30. The molecule has 0 aromatic heterocycles. The van der Waals surface area contributed by atoms with Gasteiger partial charge in [-0.05, 0) is 32.7 Å². The number of hydrogen-bond acceptors (Lipinski definition) is 3. The molecule has 0 radical (unpaired) electrons. The molecule has 0 saturated heterocycles. The number of nitrogens with zero attached hydrogens (tertiary/aromatic N) is 1. The van der Waals surface area contributed by atoms with E-state index in [0.717, 1.165) is 6.42 Å². The van der Waals surface area contributed by atoms with Crippen molar-refractivity contribution in [1.82, 2.24) is 5.32 Å². The summed E-state index contributed by atoms with van der Waals surface area (Å²) in [5.41, 5.74) is 5.36. The highest BCUT2D eigenvalue weighted by Crippen LogP contribution is 2.13. The van der Waals surface area contributed by atoms with Gasteiger partial charge in [0.2, 0.25) is 0 Å². The lowest BCUT2D eigenvalue weighted by molar-refractivity contribution is -0.142. The number of carboxylic acids is 1. The minimum atomic E-state index is -0.745. The fourth-order valence-electron chi connectivity index (χ4n) is 1.40. The number of aliphatic carboxylic acids is 1. The van der Waals surface area contributed by atoms with Gasteiger partial charge in [0.1, 0.15) is 0 Å². The summed E-state index contributed by atoms with van der Waals surface area (Å²) >= 11 is 0. The van der Waals surface area contributed by atoms with E-state index in [4.69, 9.17) is 10.8 Å². The van der Waals surface area contributed by atoms with Gasteiger partial charge in [0.25, 0.3) is 0 Å². The van der Waals surface area contributed by atoms with Gasteiger partial charge in [-0.3, -0.25) is 9.79 Å². The van der Waals surface area contributed by atoms with Crippen molar-refractivity contribution in [1.29, 1.82) is 0 Å². The van der Waals surface area contributed by atoms with Crippen molar-refractivity contribution in [3.05, 3.63) is 0 Å². The molecular weight excluding hydrogens is 194 g/mol. The Morgan fingerprint density at radius 1 is 1.67 bits per heavy atom. The second-order valence-corrected chi connectivity index (χ2v) is 3.66. The molecule has 2 unspecified atom stereocenters. The van der Waals surface area contributed by atoms with Crippen LogP contribution in [0, 0.1) is 5.92 Å². The molecule has 0 spiro atoms. The highest BCUT2D eigenvalue weighted by molar-refractivity contribution is 5.70. The summed E-state index contributed by atoms with van der Waals surface area (Å²) in [6.45, 7) is 2.49. The highest BCUT2D eigenvalue weighted by atomic mass is 16.4. The number of aliphatic imine (C=N–C) groups is 1. The van der Waals surface area contributed by atoms with Crippen LogP contribution < -0.4 is 11.1 Å². The molecular formula is C10H21N3O2. The minimum absolute atomic E-state index is 0.118. The molecule has 4 N–H and O–H groups in total. The monoisotopic (exact) mass is 215 g/mol. The molecule has 2 atom stereocenters. The Hall–Kier alpha value is -1.10. The first-order valence-corrected chi connectivity index (χ1v) is 5.21. The molecule has 0 aromatic rings. The zero-order valence-electron chi connectivity index (χ0n) is 9.44. The maximum atomic E-state index is 10.9. The van der Waals surface area contributed by atoms with E-state index in [1.807, 2.05) is 6.92 Å². The van der Waals surface area contributed by atoms with Crippen molar-refractivity contribution in [2.24, 2.45) is 16.6 Å². The molecule has 0 heterocycles. The van der Waals surface area contributed by atoms with E-state index < -0.39 is 5.97 Å². The molecule has 0 saturated carbocycles. The van der Waals surface area contributed by atoms with E-state index in [1.54, 1.807) is 13.4 Å². The maximum absolute atomic E-state index is 10.9. The van der Waals surface area contributed by atoms with Crippen LogP contribution in [0.5, 0.6) is 0 Å². The zero-order chi connectivity index (χ0) is 11.7. The van der Waals surface area contributed by atoms with Crippen molar-refractivity contribution in [3.8, 4) is 0 Å². The molecule has 0 rings (SSSR count).